The van der Waals surface area contributed by atoms with Crippen molar-refractivity contribution in [2.45, 2.75) is 13.3 Å². The van der Waals surface area contributed by atoms with Crippen molar-refractivity contribution in [1.29, 1.82) is 5.26 Å². The fraction of sp³-hybridized carbons (Fsp3) is 0.154. The predicted molar refractivity (Wildman–Crippen MR) is 59.6 cm³/mol. The van der Waals surface area contributed by atoms with Crippen LogP contribution in [-0.2, 0) is 6.42 Å². The van der Waals surface area contributed by atoms with E-state index in [-0.39, 0.29) is 22.1 Å². The van der Waals surface area contributed by atoms with Gasteiger partial charge in [-0.2, -0.15) is 5.26 Å². The lowest BCUT2D eigenvalue weighted by atomic mass is 9.97. The Morgan fingerprint density at radius 1 is 1.24 bits per heavy atom. The molecule has 2 nitrogen and oxygen atoms in total. The number of nitrogens with zero attached hydrogens (tertiary/aromatic N) is 1. The molecule has 2 aromatic rings. The molecule has 0 heterocycles. The zero-order valence-corrected chi connectivity index (χ0v) is 9.09. The summed E-state index contributed by atoms with van der Waals surface area (Å²) in [6, 6.07) is 5.02. The molecule has 0 saturated heterocycles. The van der Waals surface area contributed by atoms with Crippen molar-refractivity contribution in [2.75, 3.05) is 0 Å². The van der Waals surface area contributed by atoms with E-state index in [1.54, 1.807) is 13.0 Å². The Kier molecular flexibility index (Phi) is 2.68. The Bertz CT molecular complexity index is 644. The minimum absolute atomic E-state index is 0.0693. The van der Waals surface area contributed by atoms with Gasteiger partial charge in [-0.1, -0.05) is 6.92 Å². The maximum atomic E-state index is 13.6. The lowest BCUT2D eigenvalue weighted by Gasteiger charge is -2.09. The van der Waals surface area contributed by atoms with Crippen LogP contribution >= 0.6 is 0 Å². The number of benzene rings is 2. The summed E-state index contributed by atoms with van der Waals surface area (Å²) in [4.78, 5) is 0. The van der Waals surface area contributed by atoms with Gasteiger partial charge in [0, 0.05) is 16.8 Å². The quantitative estimate of drug-likeness (QED) is 0.821. The predicted octanol–water partition coefficient (Wildman–Crippen LogP) is 3.26. The van der Waals surface area contributed by atoms with Gasteiger partial charge in [-0.05, 0) is 24.1 Å². The van der Waals surface area contributed by atoms with Crippen LogP contribution in [0, 0.1) is 23.0 Å². The first kappa shape index (κ1) is 11.3. The highest BCUT2D eigenvalue weighted by atomic mass is 19.1. The molecule has 2 aromatic carbocycles. The molecule has 1 N–H and O–H groups in total. The van der Waals surface area contributed by atoms with Crippen molar-refractivity contribution in [3.05, 3.63) is 41.0 Å². The van der Waals surface area contributed by atoms with Crippen molar-refractivity contribution in [3.63, 3.8) is 0 Å². The number of hydrogen-bond acceptors (Lipinski definition) is 2. The smallest absolute Gasteiger partial charge is 0.144 e. The number of rotatable bonds is 1. The number of phenolic OH excluding ortho intramolecular Hbond substituents is 1. The summed E-state index contributed by atoms with van der Waals surface area (Å²) in [5.74, 6) is -1.75. The number of fused-ring (bicyclic) bond motifs is 1. The van der Waals surface area contributed by atoms with E-state index in [4.69, 9.17) is 5.26 Å². The fourth-order valence-electron chi connectivity index (χ4n) is 1.94. The van der Waals surface area contributed by atoms with E-state index in [0.717, 1.165) is 0 Å². The number of nitriles is 1. The zero-order valence-electron chi connectivity index (χ0n) is 9.09. The van der Waals surface area contributed by atoms with Crippen LogP contribution in [0.3, 0.4) is 0 Å². The highest BCUT2D eigenvalue weighted by molar-refractivity contribution is 5.92. The molecule has 0 fully saturated rings. The largest absolute Gasteiger partial charge is 0.508 e. The monoisotopic (exact) mass is 233 g/mol. The summed E-state index contributed by atoms with van der Waals surface area (Å²) >= 11 is 0. The molecule has 0 bridgehead atoms. The van der Waals surface area contributed by atoms with Crippen molar-refractivity contribution >= 4 is 10.8 Å². The van der Waals surface area contributed by atoms with Crippen LogP contribution in [0.1, 0.15) is 18.1 Å². The minimum atomic E-state index is -0.877. The van der Waals surface area contributed by atoms with E-state index in [0.29, 0.717) is 18.1 Å². The van der Waals surface area contributed by atoms with Crippen LogP contribution in [0.4, 0.5) is 8.78 Å². The molecular formula is C13H9F2NO. The molecule has 0 atom stereocenters. The van der Waals surface area contributed by atoms with E-state index in [1.165, 1.54) is 12.1 Å². The van der Waals surface area contributed by atoms with Crippen LogP contribution in [0.2, 0.25) is 0 Å². The molecule has 0 radical (unpaired) electrons. The maximum Gasteiger partial charge on any atom is 0.144 e. The first-order valence-electron chi connectivity index (χ1n) is 5.12. The maximum absolute atomic E-state index is 13.6. The van der Waals surface area contributed by atoms with Gasteiger partial charge in [0.25, 0.3) is 0 Å². The minimum Gasteiger partial charge on any atom is -0.508 e. The van der Waals surface area contributed by atoms with Gasteiger partial charge in [0.1, 0.15) is 23.5 Å². The Morgan fingerprint density at radius 2 is 1.94 bits per heavy atom. The molecular weight excluding hydrogens is 224 g/mol. The Labute approximate surface area is 96.7 Å². The summed E-state index contributed by atoms with van der Waals surface area (Å²) in [5, 5.41) is 18.7. The molecule has 4 heteroatoms. The summed E-state index contributed by atoms with van der Waals surface area (Å²) in [6.07, 6.45) is 0.475. The first-order chi connectivity index (χ1) is 8.08. The van der Waals surface area contributed by atoms with Crippen molar-refractivity contribution < 1.29 is 13.9 Å². The van der Waals surface area contributed by atoms with Gasteiger partial charge in [0.2, 0.25) is 0 Å². The van der Waals surface area contributed by atoms with E-state index >= 15 is 0 Å². The van der Waals surface area contributed by atoms with Gasteiger partial charge in [-0.3, -0.25) is 0 Å². The van der Waals surface area contributed by atoms with Crippen LogP contribution in [0.25, 0.3) is 10.8 Å². The first-order valence-corrected chi connectivity index (χ1v) is 5.12. The van der Waals surface area contributed by atoms with E-state index in [1.807, 2.05) is 0 Å². The highest BCUT2D eigenvalue weighted by Gasteiger charge is 2.15. The van der Waals surface area contributed by atoms with Gasteiger partial charge in [0.05, 0.1) is 5.56 Å². The molecule has 0 unspecified atom stereocenters. The molecule has 17 heavy (non-hydrogen) atoms. The molecule has 86 valence electrons. The van der Waals surface area contributed by atoms with Crippen LogP contribution in [0.15, 0.2) is 18.2 Å². The topological polar surface area (TPSA) is 44.0 Å². The summed E-state index contributed by atoms with van der Waals surface area (Å²) in [7, 11) is 0. The van der Waals surface area contributed by atoms with Crippen molar-refractivity contribution in [2.24, 2.45) is 0 Å². The van der Waals surface area contributed by atoms with Crippen molar-refractivity contribution in [3.8, 4) is 11.8 Å². The van der Waals surface area contributed by atoms with E-state index in [2.05, 4.69) is 0 Å². The molecule has 0 aliphatic carbocycles. The molecule has 0 amide bonds. The Hall–Kier alpha value is -2.15. The van der Waals surface area contributed by atoms with Gasteiger partial charge >= 0.3 is 0 Å². The average molecular weight is 233 g/mol. The van der Waals surface area contributed by atoms with Gasteiger partial charge in [0.15, 0.2) is 0 Å². The second-order valence-electron chi connectivity index (χ2n) is 3.71. The molecule has 0 aromatic heterocycles. The second kappa shape index (κ2) is 4.02. The third-order valence-electron chi connectivity index (χ3n) is 2.70. The van der Waals surface area contributed by atoms with Crippen LogP contribution in [0.5, 0.6) is 5.75 Å². The fourth-order valence-corrected chi connectivity index (χ4v) is 1.94. The molecule has 2 rings (SSSR count). The molecule has 0 saturated carbocycles. The van der Waals surface area contributed by atoms with E-state index < -0.39 is 11.6 Å². The number of hydrogen-bond donors (Lipinski definition) is 1. The van der Waals surface area contributed by atoms with Crippen LogP contribution in [-0.4, -0.2) is 5.11 Å². The number of aryl methyl sites for hydroxylation is 1. The van der Waals surface area contributed by atoms with E-state index in [9.17, 15) is 13.9 Å². The second-order valence-corrected chi connectivity index (χ2v) is 3.71. The number of halogens is 2. The molecule has 0 aliphatic heterocycles. The summed E-state index contributed by atoms with van der Waals surface area (Å²) < 4.78 is 27.1. The zero-order chi connectivity index (χ0) is 12.6. The van der Waals surface area contributed by atoms with Gasteiger partial charge < -0.3 is 5.11 Å². The Balaban J connectivity index is 3.05. The number of aromatic hydroxyl groups is 1. The van der Waals surface area contributed by atoms with Gasteiger partial charge in [-0.25, -0.2) is 8.78 Å². The number of phenols is 1. The van der Waals surface area contributed by atoms with Crippen molar-refractivity contribution in [1.82, 2.24) is 0 Å². The SMILES string of the molecule is CCc1cc(O)cc2c(F)cc(F)c(C#N)c12. The summed E-state index contributed by atoms with van der Waals surface area (Å²) in [6.45, 7) is 1.79. The normalized spacial score (nSPS) is 10.5. The third kappa shape index (κ3) is 1.70. The third-order valence-corrected chi connectivity index (χ3v) is 2.70. The lowest BCUT2D eigenvalue weighted by molar-refractivity contribution is 0.475. The van der Waals surface area contributed by atoms with Gasteiger partial charge in [-0.15, -0.1) is 0 Å². The van der Waals surface area contributed by atoms with Crippen LogP contribution < -0.4 is 0 Å². The Morgan fingerprint density at radius 3 is 2.53 bits per heavy atom. The lowest BCUT2D eigenvalue weighted by Crippen LogP contribution is -1.95. The highest BCUT2D eigenvalue weighted by Crippen LogP contribution is 2.31. The standard InChI is InChI=1S/C13H9F2NO/c1-2-7-3-8(17)4-9-11(14)5-12(15)10(6-16)13(7)9/h3-5,17H,2H2,1H3. The molecule has 0 spiro atoms. The average Bonchev–Trinajstić information content (AvgIpc) is 2.29. The summed E-state index contributed by atoms with van der Waals surface area (Å²) in [5.41, 5.74) is 0.369. The molecule has 0 aliphatic rings.